The first-order valence-corrected chi connectivity index (χ1v) is 12.2. The van der Waals surface area contributed by atoms with Gasteiger partial charge in [-0.25, -0.2) is 0 Å². The van der Waals surface area contributed by atoms with E-state index in [1.165, 1.54) is 25.9 Å². The molecule has 0 aromatic heterocycles. The Bertz CT molecular complexity index is 417. The number of nitrogens with one attached hydrogen (secondary N) is 2. The lowest BCUT2D eigenvalue weighted by atomic mass is 9.95. The van der Waals surface area contributed by atoms with Gasteiger partial charge in [0.2, 0.25) is 0 Å². The molecule has 0 heterocycles. The molecule has 7 heteroatoms. The fourth-order valence-corrected chi connectivity index (χ4v) is 5.06. The number of aliphatic imine (C=N–C) groups is 1. The lowest BCUT2D eigenvalue weighted by Crippen LogP contribution is -2.46. The number of rotatable bonds is 12. The van der Waals surface area contributed by atoms with Crippen LogP contribution in [0, 0.1) is 0 Å². The van der Waals surface area contributed by atoms with E-state index in [9.17, 15) is 4.21 Å². The van der Waals surface area contributed by atoms with Crippen molar-refractivity contribution in [1.82, 2.24) is 15.5 Å². The summed E-state index contributed by atoms with van der Waals surface area (Å²) < 4.78 is 12.1. The van der Waals surface area contributed by atoms with E-state index in [1.807, 2.05) is 6.92 Å². The molecule has 2 N–H and O–H groups in total. The van der Waals surface area contributed by atoms with Gasteiger partial charge in [-0.1, -0.05) is 27.2 Å². The first-order valence-electron chi connectivity index (χ1n) is 10.8. The van der Waals surface area contributed by atoms with Gasteiger partial charge in [-0.15, -0.1) is 24.0 Å². The summed E-state index contributed by atoms with van der Waals surface area (Å²) in [6, 6.07) is 0.402. The Labute approximate surface area is 187 Å². The second-order valence-electron chi connectivity index (χ2n) is 7.26. The zero-order valence-corrected chi connectivity index (χ0v) is 21.1. The minimum atomic E-state index is -0.675. The first kappa shape index (κ1) is 27.1. The minimum Gasteiger partial charge on any atom is -0.357 e. The van der Waals surface area contributed by atoms with Gasteiger partial charge in [0.05, 0.1) is 0 Å². The molecule has 1 fully saturated rings. The van der Waals surface area contributed by atoms with E-state index in [0.717, 1.165) is 63.5 Å². The zero-order valence-electron chi connectivity index (χ0n) is 18.0. The van der Waals surface area contributed by atoms with Gasteiger partial charge in [-0.2, -0.15) is 0 Å². The molecular weight excluding hydrogens is 471 g/mol. The van der Waals surface area contributed by atoms with Crippen LogP contribution in [0.5, 0.6) is 0 Å². The number of hydrogen-bond acceptors (Lipinski definition) is 3. The van der Waals surface area contributed by atoms with Crippen LogP contribution in [-0.4, -0.2) is 64.8 Å². The summed E-state index contributed by atoms with van der Waals surface area (Å²) in [4.78, 5) is 7.33. The zero-order chi connectivity index (χ0) is 19.2. The number of hydrogen-bond donors (Lipinski definition) is 2. The van der Waals surface area contributed by atoms with E-state index in [-0.39, 0.29) is 24.0 Å². The maximum Gasteiger partial charge on any atom is 0.191 e. The normalized spacial score (nSPS) is 21.6. The van der Waals surface area contributed by atoms with Crippen LogP contribution >= 0.6 is 24.0 Å². The molecule has 0 radical (unpaired) electrons. The van der Waals surface area contributed by atoms with Gasteiger partial charge < -0.3 is 15.5 Å². The topological polar surface area (TPSA) is 56.7 Å². The Morgan fingerprint density at radius 2 is 1.81 bits per heavy atom. The second kappa shape index (κ2) is 17.0. The van der Waals surface area contributed by atoms with Crippen molar-refractivity contribution < 1.29 is 4.21 Å². The molecule has 0 aromatic carbocycles. The lowest BCUT2D eigenvalue weighted by molar-refractivity contribution is 0.273. The highest BCUT2D eigenvalue weighted by Gasteiger charge is 2.25. The monoisotopic (exact) mass is 514 g/mol. The molecular formula is C20H43IN4OS. The van der Waals surface area contributed by atoms with E-state index in [0.29, 0.717) is 11.3 Å². The number of nitrogens with zero attached hydrogens (tertiary/aromatic N) is 2. The molecule has 162 valence electrons. The van der Waals surface area contributed by atoms with Gasteiger partial charge in [0.1, 0.15) is 0 Å². The summed E-state index contributed by atoms with van der Waals surface area (Å²) in [7, 11) is -0.675. The van der Waals surface area contributed by atoms with Crippen molar-refractivity contribution in [1.29, 1.82) is 0 Å². The van der Waals surface area contributed by atoms with Crippen molar-refractivity contribution in [3.8, 4) is 0 Å². The van der Waals surface area contributed by atoms with Crippen LogP contribution < -0.4 is 10.6 Å². The average molecular weight is 515 g/mol. The van der Waals surface area contributed by atoms with Crippen LogP contribution in [-0.2, 0) is 10.8 Å². The number of guanidine groups is 1. The van der Waals surface area contributed by atoms with Gasteiger partial charge in [-0.3, -0.25) is 9.20 Å². The van der Waals surface area contributed by atoms with E-state index >= 15 is 0 Å². The Morgan fingerprint density at radius 3 is 2.41 bits per heavy atom. The third-order valence-electron chi connectivity index (χ3n) is 4.95. The standard InChI is InChI=1S/C20H42N4OS.HI/c1-5-14-24(15-6-2)16-10-13-22-20(21-7-3)23-18-11-9-12-19(17-18)26(25)8-4;/h18-19H,5-17H2,1-4H3,(H2,21,22,23);1H. The molecule has 0 aromatic rings. The summed E-state index contributed by atoms with van der Waals surface area (Å²) in [6.45, 7) is 13.9. The summed E-state index contributed by atoms with van der Waals surface area (Å²) >= 11 is 0. The molecule has 27 heavy (non-hydrogen) atoms. The van der Waals surface area contributed by atoms with Crippen LogP contribution in [0.4, 0.5) is 0 Å². The van der Waals surface area contributed by atoms with Crippen molar-refractivity contribution in [2.45, 2.75) is 83.9 Å². The third kappa shape index (κ3) is 11.6. The molecule has 0 spiro atoms. The third-order valence-corrected chi connectivity index (χ3v) is 6.69. The molecule has 1 aliphatic carbocycles. The van der Waals surface area contributed by atoms with Crippen LogP contribution in [0.15, 0.2) is 4.99 Å². The van der Waals surface area contributed by atoms with E-state index < -0.39 is 10.8 Å². The van der Waals surface area contributed by atoms with Crippen molar-refractivity contribution in [2.75, 3.05) is 38.5 Å². The summed E-state index contributed by atoms with van der Waals surface area (Å²) in [5, 5.41) is 7.32. The predicted octanol–water partition coefficient (Wildman–Crippen LogP) is 3.75. The van der Waals surface area contributed by atoms with Crippen molar-refractivity contribution >= 4 is 40.7 Å². The Hall–Kier alpha value is 0.110. The van der Waals surface area contributed by atoms with E-state index in [4.69, 9.17) is 4.99 Å². The van der Waals surface area contributed by atoms with E-state index in [1.54, 1.807) is 0 Å². The SMILES string of the molecule is CCCN(CCC)CCCN=C(NCC)NC1CCCC(S(=O)CC)C1.I. The average Bonchev–Trinajstić information content (AvgIpc) is 2.65. The highest BCUT2D eigenvalue weighted by atomic mass is 127. The van der Waals surface area contributed by atoms with Gasteiger partial charge in [0.15, 0.2) is 5.96 Å². The summed E-state index contributed by atoms with van der Waals surface area (Å²) in [6.07, 6.45) is 7.97. The van der Waals surface area contributed by atoms with Crippen molar-refractivity contribution in [3.05, 3.63) is 0 Å². The van der Waals surface area contributed by atoms with Crippen LogP contribution in [0.1, 0.15) is 72.6 Å². The number of halogens is 1. The maximum atomic E-state index is 12.1. The maximum absolute atomic E-state index is 12.1. The molecule has 3 atom stereocenters. The summed E-state index contributed by atoms with van der Waals surface area (Å²) in [5.41, 5.74) is 0. The van der Waals surface area contributed by atoms with Crippen LogP contribution in [0.25, 0.3) is 0 Å². The Morgan fingerprint density at radius 1 is 1.11 bits per heavy atom. The second-order valence-corrected chi connectivity index (χ2v) is 9.26. The van der Waals surface area contributed by atoms with Crippen molar-refractivity contribution in [2.24, 2.45) is 4.99 Å². The van der Waals surface area contributed by atoms with Gasteiger partial charge >= 0.3 is 0 Å². The largest absolute Gasteiger partial charge is 0.357 e. The minimum absolute atomic E-state index is 0. The fourth-order valence-electron chi connectivity index (χ4n) is 3.72. The van der Waals surface area contributed by atoms with E-state index in [2.05, 4.69) is 36.3 Å². The van der Waals surface area contributed by atoms with Gasteiger partial charge in [-0.05, 0) is 65.1 Å². The highest BCUT2D eigenvalue weighted by molar-refractivity contribution is 14.0. The Balaban J connectivity index is 0.00000676. The molecule has 1 saturated carbocycles. The highest BCUT2D eigenvalue weighted by Crippen LogP contribution is 2.22. The smallest absolute Gasteiger partial charge is 0.191 e. The molecule has 0 amide bonds. The molecule has 1 rings (SSSR count). The fraction of sp³-hybridized carbons (Fsp3) is 0.950. The molecule has 1 aliphatic rings. The molecule has 3 unspecified atom stereocenters. The quantitative estimate of drug-likeness (QED) is 0.180. The van der Waals surface area contributed by atoms with Crippen LogP contribution in [0.2, 0.25) is 0 Å². The molecule has 5 nitrogen and oxygen atoms in total. The van der Waals surface area contributed by atoms with Crippen molar-refractivity contribution in [3.63, 3.8) is 0 Å². The Kier molecular flexibility index (Phi) is 17.1. The predicted molar refractivity (Wildman–Crippen MR) is 131 cm³/mol. The first-order chi connectivity index (χ1) is 12.6. The molecule has 0 bridgehead atoms. The van der Waals surface area contributed by atoms with Crippen LogP contribution in [0.3, 0.4) is 0 Å². The van der Waals surface area contributed by atoms with Gasteiger partial charge in [0.25, 0.3) is 0 Å². The molecule has 0 aliphatic heterocycles. The summed E-state index contributed by atoms with van der Waals surface area (Å²) in [5.74, 6) is 1.70. The lowest BCUT2D eigenvalue weighted by Gasteiger charge is -2.30. The molecule has 0 saturated heterocycles. The van der Waals surface area contributed by atoms with Gasteiger partial charge in [0, 0.05) is 40.9 Å².